The molecule has 2 heterocycles. The van der Waals surface area contributed by atoms with Gasteiger partial charge < -0.3 is 5.32 Å². The molecule has 0 bridgehead atoms. The SMILES string of the molecule is CCn1ccc(C(=O)NCCCn2ncc3ccccc32)n1. The Morgan fingerprint density at radius 2 is 2.14 bits per heavy atom. The van der Waals surface area contributed by atoms with E-state index >= 15 is 0 Å². The number of hydrogen-bond acceptors (Lipinski definition) is 3. The highest BCUT2D eigenvalue weighted by Crippen LogP contribution is 2.12. The van der Waals surface area contributed by atoms with Crippen LogP contribution in [0.25, 0.3) is 10.9 Å². The highest BCUT2D eigenvalue weighted by Gasteiger charge is 2.08. The second kappa shape index (κ2) is 6.43. The van der Waals surface area contributed by atoms with Crippen molar-refractivity contribution in [1.29, 1.82) is 0 Å². The van der Waals surface area contributed by atoms with Crippen LogP contribution in [0.1, 0.15) is 23.8 Å². The summed E-state index contributed by atoms with van der Waals surface area (Å²) in [4.78, 5) is 11.9. The van der Waals surface area contributed by atoms with Crippen molar-refractivity contribution in [3.8, 4) is 0 Å². The molecular weight excluding hydrogens is 278 g/mol. The van der Waals surface area contributed by atoms with Crippen LogP contribution in [-0.2, 0) is 13.1 Å². The fraction of sp³-hybridized carbons (Fsp3) is 0.312. The minimum atomic E-state index is -0.127. The first kappa shape index (κ1) is 14.3. The van der Waals surface area contributed by atoms with Crippen molar-refractivity contribution in [3.05, 3.63) is 48.4 Å². The van der Waals surface area contributed by atoms with E-state index in [1.165, 1.54) is 0 Å². The minimum absolute atomic E-state index is 0.127. The predicted octanol–water partition coefficient (Wildman–Crippen LogP) is 2.07. The predicted molar refractivity (Wildman–Crippen MR) is 84.6 cm³/mol. The van der Waals surface area contributed by atoms with Gasteiger partial charge in [0.25, 0.3) is 5.91 Å². The lowest BCUT2D eigenvalue weighted by Gasteiger charge is -2.05. The topological polar surface area (TPSA) is 64.7 Å². The third kappa shape index (κ3) is 3.00. The Bertz CT molecular complexity index is 774. The molecule has 0 atom stereocenters. The van der Waals surface area contributed by atoms with E-state index in [2.05, 4.69) is 21.6 Å². The van der Waals surface area contributed by atoms with Gasteiger partial charge in [0.1, 0.15) is 5.69 Å². The van der Waals surface area contributed by atoms with Crippen molar-refractivity contribution in [2.75, 3.05) is 6.54 Å². The molecule has 0 saturated heterocycles. The Balaban J connectivity index is 1.50. The Kier molecular flexibility index (Phi) is 4.18. The van der Waals surface area contributed by atoms with Crippen LogP contribution in [0.4, 0.5) is 0 Å². The van der Waals surface area contributed by atoms with Crippen LogP contribution in [0.2, 0.25) is 0 Å². The molecule has 0 aliphatic carbocycles. The van der Waals surface area contributed by atoms with E-state index in [4.69, 9.17) is 0 Å². The lowest BCUT2D eigenvalue weighted by molar-refractivity contribution is 0.0947. The molecular formula is C16H19N5O. The van der Waals surface area contributed by atoms with Crippen LogP contribution in [0.5, 0.6) is 0 Å². The fourth-order valence-corrected chi connectivity index (χ4v) is 2.38. The molecule has 0 saturated carbocycles. The molecule has 0 aliphatic rings. The zero-order valence-electron chi connectivity index (χ0n) is 12.6. The first-order chi connectivity index (χ1) is 10.8. The van der Waals surface area contributed by atoms with Crippen molar-refractivity contribution in [2.45, 2.75) is 26.4 Å². The maximum absolute atomic E-state index is 11.9. The van der Waals surface area contributed by atoms with E-state index in [0.29, 0.717) is 12.2 Å². The molecule has 0 spiro atoms. The average molecular weight is 297 g/mol. The van der Waals surface area contributed by atoms with Gasteiger partial charge in [0.15, 0.2) is 0 Å². The molecule has 0 unspecified atom stereocenters. The van der Waals surface area contributed by atoms with Crippen LogP contribution < -0.4 is 5.32 Å². The van der Waals surface area contributed by atoms with E-state index in [-0.39, 0.29) is 5.91 Å². The van der Waals surface area contributed by atoms with Gasteiger partial charge in [0.2, 0.25) is 0 Å². The quantitative estimate of drug-likeness (QED) is 0.708. The maximum Gasteiger partial charge on any atom is 0.271 e. The van der Waals surface area contributed by atoms with Gasteiger partial charge in [-0.1, -0.05) is 18.2 Å². The normalized spacial score (nSPS) is 11.0. The number of nitrogens with zero attached hydrogens (tertiary/aromatic N) is 4. The third-order valence-electron chi connectivity index (χ3n) is 3.58. The standard InChI is InChI=1S/C16H19N5O/c1-2-20-11-8-14(19-20)16(22)17-9-5-10-21-15-7-4-3-6-13(15)12-18-21/h3-4,6-8,11-12H,2,5,9-10H2,1H3,(H,17,22). The zero-order chi connectivity index (χ0) is 15.4. The maximum atomic E-state index is 11.9. The van der Waals surface area contributed by atoms with Crippen molar-refractivity contribution >= 4 is 16.8 Å². The number of benzene rings is 1. The molecule has 0 aliphatic heterocycles. The lowest BCUT2D eigenvalue weighted by Crippen LogP contribution is -2.26. The highest BCUT2D eigenvalue weighted by molar-refractivity contribution is 5.92. The number of rotatable bonds is 6. The van der Waals surface area contributed by atoms with Crippen LogP contribution in [0.3, 0.4) is 0 Å². The van der Waals surface area contributed by atoms with Gasteiger partial charge in [0, 0.05) is 31.2 Å². The van der Waals surface area contributed by atoms with E-state index in [9.17, 15) is 4.79 Å². The van der Waals surface area contributed by atoms with Gasteiger partial charge in [-0.15, -0.1) is 0 Å². The first-order valence-corrected chi connectivity index (χ1v) is 7.50. The summed E-state index contributed by atoms with van der Waals surface area (Å²) in [5.41, 5.74) is 1.59. The summed E-state index contributed by atoms with van der Waals surface area (Å²) in [6.07, 6.45) is 4.50. The minimum Gasteiger partial charge on any atom is -0.351 e. The molecule has 1 amide bonds. The molecule has 1 N–H and O–H groups in total. The molecule has 6 nitrogen and oxygen atoms in total. The first-order valence-electron chi connectivity index (χ1n) is 7.50. The molecule has 3 aromatic rings. The summed E-state index contributed by atoms with van der Waals surface area (Å²) >= 11 is 0. The van der Waals surface area contributed by atoms with Crippen molar-refractivity contribution in [1.82, 2.24) is 24.9 Å². The van der Waals surface area contributed by atoms with E-state index in [1.807, 2.05) is 42.2 Å². The van der Waals surface area contributed by atoms with Crippen molar-refractivity contribution < 1.29 is 4.79 Å². The van der Waals surface area contributed by atoms with Crippen LogP contribution in [0.15, 0.2) is 42.7 Å². The number of carbonyl (C=O) groups excluding carboxylic acids is 1. The number of aromatic nitrogens is 4. The summed E-state index contributed by atoms with van der Waals surface area (Å²) in [5.74, 6) is -0.127. The number of para-hydroxylation sites is 1. The van der Waals surface area contributed by atoms with Gasteiger partial charge in [-0.25, -0.2) is 0 Å². The molecule has 3 rings (SSSR count). The molecule has 22 heavy (non-hydrogen) atoms. The number of hydrogen-bond donors (Lipinski definition) is 1. The molecule has 1 aromatic carbocycles. The number of nitrogens with one attached hydrogen (secondary N) is 1. The Morgan fingerprint density at radius 1 is 1.27 bits per heavy atom. The molecule has 6 heteroatoms. The fourth-order valence-electron chi connectivity index (χ4n) is 2.38. The number of carbonyl (C=O) groups is 1. The van der Waals surface area contributed by atoms with Crippen molar-refractivity contribution in [2.24, 2.45) is 0 Å². The summed E-state index contributed by atoms with van der Waals surface area (Å²) < 4.78 is 3.71. The van der Waals surface area contributed by atoms with Crippen molar-refractivity contribution in [3.63, 3.8) is 0 Å². The van der Waals surface area contributed by atoms with Crippen LogP contribution >= 0.6 is 0 Å². The molecule has 0 fully saturated rings. The second-order valence-corrected chi connectivity index (χ2v) is 5.09. The summed E-state index contributed by atoms with van der Waals surface area (Å²) in [6, 6.07) is 9.85. The molecule has 0 radical (unpaired) electrons. The summed E-state index contributed by atoms with van der Waals surface area (Å²) in [5, 5.41) is 12.6. The van der Waals surface area contributed by atoms with Crippen LogP contribution in [-0.4, -0.2) is 32.0 Å². The third-order valence-corrected chi connectivity index (χ3v) is 3.58. The number of aryl methyl sites for hydroxylation is 2. The Labute approximate surface area is 128 Å². The van der Waals surface area contributed by atoms with Crippen LogP contribution in [0, 0.1) is 0 Å². The second-order valence-electron chi connectivity index (χ2n) is 5.09. The summed E-state index contributed by atoms with van der Waals surface area (Å²) in [6.45, 7) is 4.13. The van der Waals surface area contributed by atoms with Gasteiger partial charge >= 0.3 is 0 Å². The molecule has 2 aromatic heterocycles. The van der Waals surface area contributed by atoms with Gasteiger partial charge in [0.05, 0.1) is 11.7 Å². The summed E-state index contributed by atoms with van der Waals surface area (Å²) in [7, 11) is 0. The van der Waals surface area contributed by atoms with Gasteiger partial charge in [-0.3, -0.25) is 14.2 Å². The Hall–Kier alpha value is -2.63. The largest absolute Gasteiger partial charge is 0.351 e. The number of fused-ring (bicyclic) bond motifs is 1. The monoisotopic (exact) mass is 297 g/mol. The van der Waals surface area contributed by atoms with Gasteiger partial charge in [-0.2, -0.15) is 10.2 Å². The van der Waals surface area contributed by atoms with E-state index in [1.54, 1.807) is 10.7 Å². The highest BCUT2D eigenvalue weighted by atomic mass is 16.1. The molecule has 114 valence electrons. The average Bonchev–Trinajstić information content (AvgIpc) is 3.18. The smallest absolute Gasteiger partial charge is 0.271 e. The zero-order valence-corrected chi connectivity index (χ0v) is 12.6. The number of amides is 1. The van der Waals surface area contributed by atoms with E-state index < -0.39 is 0 Å². The van der Waals surface area contributed by atoms with Gasteiger partial charge in [-0.05, 0) is 25.5 Å². The van der Waals surface area contributed by atoms with E-state index in [0.717, 1.165) is 30.4 Å². The Morgan fingerprint density at radius 3 is 2.95 bits per heavy atom. The lowest BCUT2D eigenvalue weighted by atomic mass is 10.2.